The van der Waals surface area contributed by atoms with Crippen LogP contribution >= 0.6 is 0 Å². The number of hydrogen-bond donors (Lipinski definition) is 2. The van der Waals surface area contributed by atoms with Crippen molar-refractivity contribution in [1.82, 2.24) is 10.2 Å². The highest BCUT2D eigenvalue weighted by molar-refractivity contribution is 5.86. The summed E-state index contributed by atoms with van der Waals surface area (Å²) < 4.78 is 5.30. The summed E-state index contributed by atoms with van der Waals surface area (Å²) in [5, 5.41) is 12.3. The van der Waals surface area contributed by atoms with Crippen LogP contribution in [0.2, 0.25) is 0 Å². The average Bonchev–Trinajstić information content (AvgIpc) is 2.77. The number of nitrogens with zero attached hydrogens (tertiary/aromatic N) is 1. The smallest absolute Gasteiger partial charge is 0.305 e. The molecule has 0 saturated carbocycles. The minimum atomic E-state index is -0.789. The summed E-state index contributed by atoms with van der Waals surface area (Å²) in [5.74, 6) is -1.46. The fraction of sp³-hybridized carbons (Fsp3) is 0.500. The van der Waals surface area contributed by atoms with Crippen LogP contribution in [-0.4, -0.2) is 53.1 Å². The molecule has 0 fully saturated rings. The Morgan fingerprint density at radius 1 is 1.18 bits per heavy atom. The zero-order valence-electron chi connectivity index (χ0n) is 19.9. The van der Waals surface area contributed by atoms with E-state index in [9.17, 15) is 19.5 Å². The zero-order valence-corrected chi connectivity index (χ0v) is 19.9. The fourth-order valence-electron chi connectivity index (χ4n) is 3.24. The van der Waals surface area contributed by atoms with Crippen molar-refractivity contribution < 1.29 is 24.2 Å². The number of allylic oxidation sites excluding steroid dienone is 2. The normalized spacial score (nSPS) is 11.8. The molecule has 7 heteroatoms. The lowest BCUT2D eigenvalue weighted by atomic mass is 9.97. The van der Waals surface area contributed by atoms with E-state index in [-0.39, 0.29) is 44.0 Å². The molecule has 33 heavy (non-hydrogen) atoms. The third kappa shape index (κ3) is 11.5. The Labute approximate surface area is 197 Å². The molecule has 0 aliphatic carbocycles. The van der Waals surface area contributed by atoms with Crippen molar-refractivity contribution >= 4 is 17.8 Å². The number of hydrogen-bond acceptors (Lipinski definition) is 5. The van der Waals surface area contributed by atoms with Gasteiger partial charge in [-0.05, 0) is 38.7 Å². The lowest BCUT2D eigenvalue weighted by Crippen LogP contribution is -2.50. The third-order valence-corrected chi connectivity index (χ3v) is 5.03. The zero-order chi connectivity index (χ0) is 24.7. The van der Waals surface area contributed by atoms with Gasteiger partial charge in [-0.2, -0.15) is 0 Å². The fourth-order valence-corrected chi connectivity index (χ4v) is 3.24. The van der Waals surface area contributed by atoms with E-state index < -0.39 is 11.5 Å². The summed E-state index contributed by atoms with van der Waals surface area (Å²) in [7, 11) is 0. The monoisotopic (exact) mass is 458 g/mol. The van der Waals surface area contributed by atoms with Crippen molar-refractivity contribution in [3.63, 3.8) is 0 Å². The van der Waals surface area contributed by atoms with E-state index in [1.54, 1.807) is 30.9 Å². The highest BCUT2D eigenvalue weighted by Crippen LogP contribution is 2.16. The molecular weight excluding hydrogens is 420 g/mol. The van der Waals surface area contributed by atoms with Crippen LogP contribution in [0.4, 0.5) is 0 Å². The number of carbonyl (C=O) groups excluding carboxylic acids is 3. The van der Waals surface area contributed by atoms with Crippen LogP contribution in [0.15, 0.2) is 55.6 Å². The largest absolute Gasteiger partial charge is 0.463 e. The summed E-state index contributed by atoms with van der Waals surface area (Å²) in [4.78, 5) is 39.3. The van der Waals surface area contributed by atoms with Crippen LogP contribution in [-0.2, 0) is 25.7 Å². The summed E-state index contributed by atoms with van der Waals surface area (Å²) in [5.41, 5.74) is 0.155. The molecule has 7 nitrogen and oxygen atoms in total. The van der Waals surface area contributed by atoms with E-state index >= 15 is 0 Å². The highest BCUT2D eigenvalue weighted by atomic mass is 16.5. The van der Waals surface area contributed by atoms with Gasteiger partial charge >= 0.3 is 5.97 Å². The Balaban J connectivity index is 2.71. The molecule has 2 N–H and O–H groups in total. The predicted octanol–water partition coefficient (Wildman–Crippen LogP) is 3.38. The minimum absolute atomic E-state index is 0.0118. The van der Waals surface area contributed by atoms with Crippen LogP contribution in [0.3, 0.4) is 0 Å². The molecule has 0 saturated heterocycles. The van der Waals surface area contributed by atoms with Crippen molar-refractivity contribution in [2.45, 2.75) is 58.0 Å². The van der Waals surface area contributed by atoms with E-state index in [4.69, 9.17) is 4.74 Å². The second kappa shape index (κ2) is 15.0. The Hall–Kier alpha value is -2.93. The number of amides is 2. The second-order valence-electron chi connectivity index (χ2n) is 8.66. The van der Waals surface area contributed by atoms with E-state index in [1.165, 1.54) is 0 Å². The first-order valence-corrected chi connectivity index (χ1v) is 11.3. The minimum Gasteiger partial charge on any atom is -0.463 e. The van der Waals surface area contributed by atoms with Gasteiger partial charge in [0.25, 0.3) is 0 Å². The first kappa shape index (κ1) is 28.1. The van der Waals surface area contributed by atoms with E-state index in [2.05, 4.69) is 18.5 Å². The summed E-state index contributed by atoms with van der Waals surface area (Å²) in [6.45, 7) is 11.3. The third-order valence-electron chi connectivity index (χ3n) is 5.03. The second-order valence-corrected chi connectivity index (χ2v) is 8.66. The molecule has 1 aromatic rings. The van der Waals surface area contributed by atoms with Gasteiger partial charge in [-0.1, -0.05) is 42.5 Å². The summed E-state index contributed by atoms with van der Waals surface area (Å²) >= 11 is 0. The standard InChI is InChI=1S/C26H38N2O5/c1-5-7-9-15-24(31)33-20-26(3,4)27-25(32)22(12-6-2)18-23(30)28(16-17-29)19-21-13-10-8-11-14-21/h5-6,8,10-11,13-14,22,29H,1-2,7,9,12,15-20H2,3-4H3,(H,27,32). The molecule has 1 aromatic carbocycles. The summed E-state index contributed by atoms with van der Waals surface area (Å²) in [6.07, 6.45) is 5.38. The lowest BCUT2D eigenvalue weighted by molar-refractivity contribution is -0.147. The van der Waals surface area contributed by atoms with Crippen molar-refractivity contribution in [2.24, 2.45) is 5.92 Å². The molecular formula is C26H38N2O5. The number of unbranched alkanes of at least 4 members (excludes halogenated alkanes) is 1. The first-order valence-electron chi connectivity index (χ1n) is 11.3. The number of esters is 1. The number of carbonyl (C=O) groups is 3. The van der Waals surface area contributed by atoms with Gasteiger partial charge in [-0.3, -0.25) is 14.4 Å². The quantitative estimate of drug-likeness (QED) is 0.225. The maximum atomic E-state index is 13.0. The maximum Gasteiger partial charge on any atom is 0.305 e. The molecule has 2 amide bonds. The van der Waals surface area contributed by atoms with Gasteiger partial charge in [0, 0.05) is 25.9 Å². The molecule has 0 bridgehead atoms. The van der Waals surface area contributed by atoms with Gasteiger partial charge in [0.05, 0.1) is 18.1 Å². The highest BCUT2D eigenvalue weighted by Gasteiger charge is 2.29. The van der Waals surface area contributed by atoms with Gasteiger partial charge in [0.1, 0.15) is 6.61 Å². The molecule has 0 radical (unpaired) electrons. The molecule has 0 aliphatic rings. The van der Waals surface area contributed by atoms with E-state index in [0.717, 1.165) is 12.0 Å². The number of ether oxygens (including phenoxy) is 1. The van der Waals surface area contributed by atoms with Gasteiger partial charge in [0.2, 0.25) is 11.8 Å². The van der Waals surface area contributed by atoms with Crippen molar-refractivity contribution in [3.05, 3.63) is 61.2 Å². The first-order chi connectivity index (χ1) is 15.7. The number of benzene rings is 1. The topological polar surface area (TPSA) is 95.9 Å². The Morgan fingerprint density at radius 3 is 2.48 bits per heavy atom. The predicted molar refractivity (Wildman–Crippen MR) is 129 cm³/mol. The number of aliphatic hydroxyl groups excluding tert-OH is 1. The Morgan fingerprint density at radius 2 is 1.88 bits per heavy atom. The molecule has 182 valence electrons. The molecule has 1 rings (SSSR count). The Bertz CT molecular complexity index is 776. The lowest BCUT2D eigenvalue weighted by Gasteiger charge is -2.29. The number of rotatable bonds is 16. The molecule has 0 aliphatic heterocycles. The molecule has 0 aromatic heterocycles. The molecule has 0 spiro atoms. The van der Waals surface area contributed by atoms with E-state index in [1.807, 2.05) is 30.3 Å². The number of nitrogens with one attached hydrogen (secondary N) is 1. The van der Waals surface area contributed by atoms with Gasteiger partial charge in [-0.15, -0.1) is 13.2 Å². The van der Waals surface area contributed by atoms with Crippen LogP contribution in [0.25, 0.3) is 0 Å². The number of aliphatic hydroxyl groups is 1. The van der Waals surface area contributed by atoms with Crippen LogP contribution in [0, 0.1) is 5.92 Å². The average molecular weight is 459 g/mol. The van der Waals surface area contributed by atoms with Crippen LogP contribution in [0.5, 0.6) is 0 Å². The van der Waals surface area contributed by atoms with Gasteiger partial charge in [0.15, 0.2) is 0 Å². The molecule has 1 unspecified atom stereocenters. The van der Waals surface area contributed by atoms with Gasteiger partial charge in [-0.25, -0.2) is 0 Å². The molecule has 0 heterocycles. The van der Waals surface area contributed by atoms with Crippen molar-refractivity contribution in [1.29, 1.82) is 0 Å². The maximum absolute atomic E-state index is 13.0. The SMILES string of the molecule is C=CCCCC(=O)OCC(C)(C)NC(=O)C(CC=C)CC(=O)N(CCO)Cc1ccccc1. The Kier molecular flexibility index (Phi) is 12.8. The molecule has 1 atom stereocenters. The van der Waals surface area contributed by atoms with Crippen LogP contribution in [0.1, 0.15) is 51.5 Å². The van der Waals surface area contributed by atoms with Crippen molar-refractivity contribution in [2.75, 3.05) is 19.8 Å². The van der Waals surface area contributed by atoms with Crippen molar-refractivity contribution in [3.8, 4) is 0 Å². The van der Waals surface area contributed by atoms with Gasteiger partial charge < -0.3 is 20.1 Å². The summed E-state index contributed by atoms with van der Waals surface area (Å²) in [6, 6.07) is 9.49. The van der Waals surface area contributed by atoms with E-state index in [0.29, 0.717) is 25.8 Å². The van der Waals surface area contributed by atoms with Crippen LogP contribution < -0.4 is 5.32 Å².